The molecule has 1 aromatic heterocycles. The highest BCUT2D eigenvalue weighted by molar-refractivity contribution is 5.95. The van der Waals surface area contributed by atoms with E-state index in [0.29, 0.717) is 29.8 Å². The number of carbonyl (C=O) groups is 2. The lowest BCUT2D eigenvalue weighted by Gasteiger charge is -2.22. The van der Waals surface area contributed by atoms with Crippen LogP contribution in [0.2, 0.25) is 0 Å². The average molecular weight is 359 g/mol. The Balaban J connectivity index is 1.79. The molecule has 1 amide bonds. The highest BCUT2D eigenvalue weighted by Gasteiger charge is 2.31. The number of nitrogens with zero attached hydrogens (tertiary/aromatic N) is 2. The van der Waals surface area contributed by atoms with Crippen molar-refractivity contribution in [3.05, 3.63) is 47.5 Å². The first kappa shape index (κ1) is 18.1. The molecule has 0 bridgehead atoms. The summed E-state index contributed by atoms with van der Waals surface area (Å²) in [5.74, 6) is -2.09. The predicted octanol–water partition coefficient (Wildman–Crippen LogP) is 3.08. The summed E-state index contributed by atoms with van der Waals surface area (Å²) in [6.07, 6.45) is 5.45. The number of carbonyl (C=O) groups excluding carboxylic acids is 1. The molecule has 7 heteroatoms. The minimum absolute atomic E-state index is 0.325. The Hall–Kier alpha value is -2.70. The van der Waals surface area contributed by atoms with Crippen molar-refractivity contribution in [2.75, 3.05) is 0 Å². The van der Waals surface area contributed by atoms with Crippen molar-refractivity contribution in [3.8, 4) is 5.69 Å². The van der Waals surface area contributed by atoms with Crippen molar-refractivity contribution in [1.82, 2.24) is 15.1 Å². The molecule has 1 heterocycles. The summed E-state index contributed by atoms with van der Waals surface area (Å²) >= 11 is 0. The highest BCUT2D eigenvalue weighted by Crippen LogP contribution is 2.24. The lowest BCUT2D eigenvalue weighted by atomic mass is 9.94. The van der Waals surface area contributed by atoms with Crippen LogP contribution in [0.25, 0.3) is 5.69 Å². The number of carboxylic acid groups (broad SMARTS) is 1. The first-order chi connectivity index (χ1) is 12.5. The quantitative estimate of drug-likeness (QED) is 0.822. The fourth-order valence-corrected chi connectivity index (χ4v) is 3.50. The molecular formula is C19H22FN3O3. The van der Waals surface area contributed by atoms with Gasteiger partial charge in [-0.1, -0.05) is 19.3 Å². The number of carboxylic acids is 1. The lowest BCUT2D eigenvalue weighted by molar-refractivity contribution is -0.142. The second-order valence-electron chi connectivity index (χ2n) is 6.69. The van der Waals surface area contributed by atoms with Gasteiger partial charge in [0.05, 0.1) is 29.1 Å². The minimum Gasteiger partial charge on any atom is -0.481 e. The molecule has 2 aromatic rings. The molecule has 0 saturated heterocycles. The van der Waals surface area contributed by atoms with Gasteiger partial charge < -0.3 is 10.4 Å². The van der Waals surface area contributed by atoms with Gasteiger partial charge in [-0.05, 0) is 44.0 Å². The predicted molar refractivity (Wildman–Crippen MR) is 93.7 cm³/mol. The van der Waals surface area contributed by atoms with Crippen LogP contribution in [-0.2, 0) is 4.79 Å². The number of hydrogen-bond donors (Lipinski definition) is 2. The van der Waals surface area contributed by atoms with Crippen molar-refractivity contribution in [2.24, 2.45) is 5.92 Å². The lowest BCUT2D eigenvalue weighted by Crippen LogP contribution is -2.43. The smallest absolute Gasteiger partial charge is 0.308 e. The molecular weight excluding hydrogens is 337 g/mol. The first-order valence-electron chi connectivity index (χ1n) is 8.81. The number of rotatable bonds is 4. The van der Waals surface area contributed by atoms with Gasteiger partial charge in [-0.25, -0.2) is 9.07 Å². The molecule has 0 radical (unpaired) electrons. The van der Waals surface area contributed by atoms with Gasteiger partial charge in [-0.15, -0.1) is 0 Å². The van der Waals surface area contributed by atoms with E-state index in [0.717, 1.165) is 19.3 Å². The maximum atomic E-state index is 13.1. The molecule has 2 atom stereocenters. The van der Waals surface area contributed by atoms with E-state index >= 15 is 0 Å². The highest BCUT2D eigenvalue weighted by atomic mass is 19.1. The number of amides is 1. The largest absolute Gasteiger partial charge is 0.481 e. The summed E-state index contributed by atoms with van der Waals surface area (Å²) in [6, 6.07) is 5.46. The molecule has 2 N–H and O–H groups in total. The van der Waals surface area contributed by atoms with Crippen LogP contribution in [0, 0.1) is 18.7 Å². The summed E-state index contributed by atoms with van der Waals surface area (Å²) < 4.78 is 14.7. The van der Waals surface area contributed by atoms with Gasteiger partial charge in [0.15, 0.2) is 0 Å². The number of hydrogen-bond acceptors (Lipinski definition) is 3. The third-order valence-electron chi connectivity index (χ3n) is 4.98. The van der Waals surface area contributed by atoms with Crippen molar-refractivity contribution in [2.45, 2.75) is 45.1 Å². The van der Waals surface area contributed by atoms with E-state index in [2.05, 4.69) is 10.4 Å². The number of aliphatic carboxylic acids is 1. The van der Waals surface area contributed by atoms with Crippen molar-refractivity contribution in [3.63, 3.8) is 0 Å². The van der Waals surface area contributed by atoms with Crippen LogP contribution in [0.5, 0.6) is 0 Å². The normalized spacial score (nSPS) is 20.4. The van der Waals surface area contributed by atoms with Crippen LogP contribution in [0.15, 0.2) is 30.5 Å². The van der Waals surface area contributed by atoms with Crippen LogP contribution in [0.1, 0.15) is 48.2 Å². The van der Waals surface area contributed by atoms with Crippen molar-refractivity contribution >= 4 is 11.9 Å². The second kappa shape index (κ2) is 7.68. The van der Waals surface area contributed by atoms with Crippen LogP contribution in [0.3, 0.4) is 0 Å². The zero-order valence-electron chi connectivity index (χ0n) is 14.6. The fourth-order valence-electron chi connectivity index (χ4n) is 3.50. The van der Waals surface area contributed by atoms with Gasteiger partial charge in [0.1, 0.15) is 5.82 Å². The zero-order chi connectivity index (χ0) is 18.7. The van der Waals surface area contributed by atoms with Crippen molar-refractivity contribution in [1.29, 1.82) is 0 Å². The van der Waals surface area contributed by atoms with E-state index < -0.39 is 11.9 Å². The summed E-state index contributed by atoms with van der Waals surface area (Å²) in [6.45, 7) is 1.76. The first-order valence-corrected chi connectivity index (χ1v) is 8.81. The SMILES string of the molecule is Cc1c(C(=O)N[C@H]2CCCCC[C@H]2C(=O)O)cnn1-c1ccc(F)cc1. The van der Waals surface area contributed by atoms with Crippen LogP contribution in [0.4, 0.5) is 4.39 Å². The van der Waals surface area contributed by atoms with E-state index in [9.17, 15) is 19.1 Å². The summed E-state index contributed by atoms with van der Waals surface area (Å²) in [7, 11) is 0. The maximum Gasteiger partial charge on any atom is 0.308 e. The van der Waals surface area contributed by atoms with Gasteiger partial charge >= 0.3 is 5.97 Å². The van der Waals surface area contributed by atoms with E-state index in [1.165, 1.54) is 18.3 Å². The fraction of sp³-hybridized carbons (Fsp3) is 0.421. The van der Waals surface area contributed by atoms with Crippen LogP contribution in [-0.4, -0.2) is 32.8 Å². The Morgan fingerprint density at radius 1 is 1.19 bits per heavy atom. The van der Waals surface area contributed by atoms with Gasteiger partial charge in [-0.2, -0.15) is 5.10 Å². The monoisotopic (exact) mass is 359 g/mol. The molecule has 0 spiro atoms. The number of halogens is 1. The molecule has 1 fully saturated rings. The van der Waals surface area contributed by atoms with Crippen LogP contribution >= 0.6 is 0 Å². The Morgan fingerprint density at radius 3 is 2.58 bits per heavy atom. The molecule has 0 unspecified atom stereocenters. The van der Waals surface area contributed by atoms with Gasteiger partial charge in [0, 0.05) is 6.04 Å². The summed E-state index contributed by atoms with van der Waals surface area (Å²) in [5.41, 5.74) is 1.66. The second-order valence-corrected chi connectivity index (χ2v) is 6.69. The third-order valence-corrected chi connectivity index (χ3v) is 4.98. The molecule has 1 aliphatic rings. The van der Waals surface area contributed by atoms with Crippen molar-refractivity contribution < 1.29 is 19.1 Å². The summed E-state index contributed by atoms with van der Waals surface area (Å²) in [5, 5.41) is 16.6. The number of benzene rings is 1. The Labute approximate surface area is 151 Å². The van der Waals surface area contributed by atoms with Gasteiger partial charge in [0.2, 0.25) is 0 Å². The molecule has 6 nitrogen and oxygen atoms in total. The number of aromatic nitrogens is 2. The Bertz CT molecular complexity index is 801. The van der Waals surface area contributed by atoms with Gasteiger partial charge in [-0.3, -0.25) is 9.59 Å². The Morgan fingerprint density at radius 2 is 1.88 bits per heavy atom. The molecule has 138 valence electrons. The van der Waals surface area contributed by atoms with E-state index in [1.54, 1.807) is 23.7 Å². The van der Waals surface area contributed by atoms with Crippen LogP contribution < -0.4 is 5.32 Å². The minimum atomic E-state index is -0.865. The molecule has 1 aromatic carbocycles. The molecule has 3 rings (SSSR count). The molecule has 26 heavy (non-hydrogen) atoms. The molecule has 1 aliphatic carbocycles. The summed E-state index contributed by atoms with van der Waals surface area (Å²) in [4.78, 5) is 24.2. The molecule has 0 aliphatic heterocycles. The van der Waals surface area contributed by atoms with Gasteiger partial charge in [0.25, 0.3) is 5.91 Å². The third kappa shape index (κ3) is 3.76. The topological polar surface area (TPSA) is 84.2 Å². The Kier molecular flexibility index (Phi) is 5.35. The van der Waals surface area contributed by atoms with E-state index in [-0.39, 0.29) is 17.8 Å². The standard InChI is InChI=1S/C19H22FN3O3/c1-12-16(11-21-23(12)14-9-7-13(20)8-10-14)18(24)22-17-6-4-2-3-5-15(17)19(25)26/h7-11,15,17H,2-6H2,1H3,(H,22,24)(H,25,26)/t15-,17+/m1/s1. The van der Waals surface area contributed by atoms with E-state index in [1.807, 2.05) is 0 Å². The number of nitrogens with one attached hydrogen (secondary N) is 1. The molecule has 1 saturated carbocycles. The van der Waals surface area contributed by atoms with E-state index in [4.69, 9.17) is 0 Å². The maximum absolute atomic E-state index is 13.1. The average Bonchev–Trinajstić information content (AvgIpc) is 2.84. The zero-order valence-corrected chi connectivity index (χ0v) is 14.6.